The summed E-state index contributed by atoms with van der Waals surface area (Å²) in [4.78, 5) is 12.2. The third-order valence-corrected chi connectivity index (χ3v) is 4.57. The quantitative estimate of drug-likeness (QED) is 0.759. The molecule has 0 bridgehead atoms. The second-order valence-electron chi connectivity index (χ2n) is 5.45. The highest BCUT2D eigenvalue weighted by atomic mass is 16.3. The topological polar surface area (TPSA) is 73.1 Å². The Hall–Kier alpha value is -1.08. The normalized spacial score (nSPS) is 18.3. The standard InChI is InChI=1S/C14H24N2O2/c1-3-13(4-2,11-17)10-16-12(18)14(9-15)7-5-6-8-14/h17H,3-8,10-11H2,1-2H3,(H,16,18). The minimum Gasteiger partial charge on any atom is -0.396 e. The number of nitrogens with zero attached hydrogens (tertiary/aromatic N) is 1. The first-order chi connectivity index (χ1) is 8.58. The summed E-state index contributed by atoms with van der Waals surface area (Å²) in [6.07, 6.45) is 4.88. The van der Waals surface area contributed by atoms with Gasteiger partial charge in [0.1, 0.15) is 5.41 Å². The number of aliphatic hydroxyl groups is 1. The number of hydrogen-bond donors (Lipinski definition) is 2. The number of carbonyl (C=O) groups is 1. The van der Waals surface area contributed by atoms with Gasteiger partial charge in [-0.15, -0.1) is 0 Å². The molecule has 0 saturated heterocycles. The Morgan fingerprint density at radius 2 is 1.94 bits per heavy atom. The molecule has 0 aliphatic heterocycles. The van der Waals surface area contributed by atoms with Gasteiger partial charge in [-0.1, -0.05) is 26.7 Å². The summed E-state index contributed by atoms with van der Waals surface area (Å²) in [7, 11) is 0. The van der Waals surface area contributed by atoms with Crippen LogP contribution in [0, 0.1) is 22.2 Å². The number of nitrogens with one attached hydrogen (secondary N) is 1. The van der Waals surface area contributed by atoms with E-state index in [0.717, 1.165) is 25.7 Å². The molecule has 4 nitrogen and oxygen atoms in total. The van der Waals surface area contributed by atoms with Gasteiger partial charge in [-0.3, -0.25) is 4.79 Å². The zero-order valence-electron chi connectivity index (χ0n) is 11.5. The van der Waals surface area contributed by atoms with Crippen LogP contribution < -0.4 is 5.32 Å². The van der Waals surface area contributed by atoms with Gasteiger partial charge in [-0.2, -0.15) is 5.26 Å². The van der Waals surface area contributed by atoms with E-state index in [0.29, 0.717) is 19.4 Å². The number of amides is 1. The van der Waals surface area contributed by atoms with Crippen LogP contribution in [0.3, 0.4) is 0 Å². The molecule has 0 radical (unpaired) electrons. The van der Waals surface area contributed by atoms with E-state index in [2.05, 4.69) is 11.4 Å². The van der Waals surface area contributed by atoms with Crippen molar-refractivity contribution < 1.29 is 9.90 Å². The SMILES string of the molecule is CCC(CC)(CO)CNC(=O)C1(C#N)CCCC1. The molecule has 18 heavy (non-hydrogen) atoms. The maximum atomic E-state index is 12.2. The van der Waals surface area contributed by atoms with Crippen LogP contribution in [0.5, 0.6) is 0 Å². The Kier molecular flexibility index (Phi) is 5.15. The fraction of sp³-hybridized carbons (Fsp3) is 0.857. The maximum absolute atomic E-state index is 12.2. The second kappa shape index (κ2) is 6.19. The molecule has 0 unspecified atom stereocenters. The van der Waals surface area contributed by atoms with Gasteiger partial charge in [0.15, 0.2) is 0 Å². The lowest BCUT2D eigenvalue weighted by Gasteiger charge is -2.31. The molecular weight excluding hydrogens is 228 g/mol. The minimum absolute atomic E-state index is 0.0693. The number of aliphatic hydroxyl groups excluding tert-OH is 1. The second-order valence-corrected chi connectivity index (χ2v) is 5.45. The van der Waals surface area contributed by atoms with Crippen molar-refractivity contribution in [3.8, 4) is 6.07 Å². The van der Waals surface area contributed by atoms with Gasteiger partial charge in [0.05, 0.1) is 12.7 Å². The molecule has 0 spiro atoms. The predicted molar refractivity (Wildman–Crippen MR) is 69.6 cm³/mol. The molecule has 1 amide bonds. The molecule has 0 aromatic heterocycles. The van der Waals surface area contributed by atoms with Crippen molar-refractivity contribution in [2.75, 3.05) is 13.2 Å². The van der Waals surface area contributed by atoms with Crippen molar-refractivity contribution in [2.24, 2.45) is 10.8 Å². The molecule has 102 valence electrons. The van der Waals surface area contributed by atoms with E-state index < -0.39 is 5.41 Å². The van der Waals surface area contributed by atoms with E-state index in [-0.39, 0.29) is 17.9 Å². The molecule has 1 aliphatic carbocycles. The highest BCUT2D eigenvalue weighted by Gasteiger charge is 2.42. The lowest BCUT2D eigenvalue weighted by Crippen LogP contribution is -2.45. The molecule has 1 rings (SSSR count). The van der Waals surface area contributed by atoms with Gasteiger partial charge in [0.25, 0.3) is 0 Å². The van der Waals surface area contributed by atoms with Crippen LogP contribution in [0.1, 0.15) is 52.4 Å². The fourth-order valence-electron chi connectivity index (χ4n) is 2.58. The molecule has 0 atom stereocenters. The van der Waals surface area contributed by atoms with Gasteiger partial charge >= 0.3 is 0 Å². The molecule has 1 aliphatic rings. The fourth-order valence-corrected chi connectivity index (χ4v) is 2.58. The Balaban J connectivity index is 2.63. The van der Waals surface area contributed by atoms with Gasteiger partial charge in [-0.05, 0) is 25.7 Å². The number of nitriles is 1. The third kappa shape index (κ3) is 2.84. The maximum Gasteiger partial charge on any atom is 0.240 e. The van der Waals surface area contributed by atoms with Crippen LogP contribution in [0.25, 0.3) is 0 Å². The van der Waals surface area contributed by atoms with Gasteiger partial charge in [-0.25, -0.2) is 0 Å². The van der Waals surface area contributed by atoms with E-state index in [9.17, 15) is 15.2 Å². The van der Waals surface area contributed by atoms with Crippen molar-refractivity contribution in [3.63, 3.8) is 0 Å². The summed E-state index contributed by atoms with van der Waals surface area (Å²) >= 11 is 0. The van der Waals surface area contributed by atoms with Gasteiger partial charge in [0.2, 0.25) is 5.91 Å². The summed E-state index contributed by atoms with van der Waals surface area (Å²) in [5.74, 6) is -0.151. The van der Waals surface area contributed by atoms with Crippen LogP contribution in [-0.2, 0) is 4.79 Å². The highest BCUT2D eigenvalue weighted by molar-refractivity contribution is 5.85. The van der Waals surface area contributed by atoms with Crippen molar-refractivity contribution in [2.45, 2.75) is 52.4 Å². The van der Waals surface area contributed by atoms with Crippen LogP contribution in [0.2, 0.25) is 0 Å². The molecule has 0 aromatic rings. The van der Waals surface area contributed by atoms with Crippen molar-refractivity contribution in [3.05, 3.63) is 0 Å². The first-order valence-corrected chi connectivity index (χ1v) is 6.88. The molecule has 1 saturated carbocycles. The molecule has 0 heterocycles. The molecule has 1 fully saturated rings. The molecular formula is C14H24N2O2. The van der Waals surface area contributed by atoms with E-state index >= 15 is 0 Å². The van der Waals surface area contributed by atoms with E-state index in [1.807, 2.05) is 13.8 Å². The van der Waals surface area contributed by atoms with Crippen LogP contribution in [-0.4, -0.2) is 24.2 Å². The largest absolute Gasteiger partial charge is 0.396 e. The third-order valence-electron chi connectivity index (χ3n) is 4.57. The predicted octanol–water partition coefficient (Wildman–Crippen LogP) is 1.99. The molecule has 4 heteroatoms. The monoisotopic (exact) mass is 252 g/mol. The van der Waals surface area contributed by atoms with Crippen LogP contribution in [0.4, 0.5) is 0 Å². The average molecular weight is 252 g/mol. The Labute approximate surface area is 109 Å². The highest BCUT2D eigenvalue weighted by Crippen LogP contribution is 2.38. The zero-order chi connectivity index (χ0) is 13.6. The number of hydrogen-bond acceptors (Lipinski definition) is 3. The Bertz CT molecular complexity index is 315. The van der Waals surface area contributed by atoms with Crippen LogP contribution in [0.15, 0.2) is 0 Å². The number of rotatable bonds is 6. The minimum atomic E-state index is -0.817. The molecule has 2 N–H and O–H groups in total. The van der Waals surface area contributed by atoms with Crippen molar-refractivity contribution >= 4 is 5.91 Å². The summed E-state index contributed by atoms with van der Waals surface area (Å²) in [5, 5.41) is 21.6. The summed E-state index contributed by atoms with van der Waals surface area (Å²) < 4.78 is 0. The average Bonchev–Trinajstić information content (AvgIpc) is 2.91. The lowest BCUT2D eigenvalue weighted by molar-refractivity contribution is -0.128. The van der Waals surface area contributed by atoms with E-state index in [4.69, 9.17) is 0 Å². The van der Waals surface area contributed by atoms with E-state index in [1.165, 1.54) is 0 Å². The number of carbonyl (C=O) groups excluding carboxylic acids is 1. The van der Waals surface area contributed by atoms with Crippen LogP contribution >= 0.6 is 0 Å². The first kappa shape index (κ1) is 15.0. The summed E-state index contributed by atoms with van der Waals surface area (Å²) in [6.45, 7) is 4.56. The Morgan fingerprint density at radius 1 is 1.39 bits per heavy atom. The Morgan fingerprint density at radius 3 is 2.33 bits per heavy atom. The van der Waals surface area contributed by atoms with Gasteiger partial charge in [0, 0.05) is 12.0 Å². The summed E-state index contributed by atoms with van der Waals surface area (Å²) in [5.41, 5.74) is -1.06. The lowest BCUT2D eigenvalue weighted by atomic mass is 9.82. The van der Waals surface area contributed by atoms with Crippen molar-refractivity contribution in [1.29, 1.82) is 5.26 Å². The summed E-state index contributed by atoms with van der Waals surface area (Å²) in [6, 6.07) is 2.19. The van der Waals surface area contributed by atoms with E-state index in [1.54, 1.807) is 0 Å². The molecule has 0 aromatic carbocycles. The smallest absolute Gasteiger partial charge is 0.240 e. The first-order valence-electron chi connectivity index (χ1n) is 6.88. The van der Waals surface area contributed by atoms with Crippen molar-refractivity contribution in [1.82, 2.24) is 5.32 Å². The van der Waals surface area contributed by atoms with Gasteiger partial charge < -0.3 is 10.4 Å². The zero-order valence-corrected chi connectivity index (χ0v) is 11.5.